The Labute approximate surface area is 176 Å². The molecule has 0 saturated heterocycles. The van der Waals surface area contributed by atoms with Gasteiger partial charge in [-0.1, -0.05) is 32.8 Å². The van der Waals surface area contributed by atoms with Crippen molar-refractivity contribution in [2.45, 2.75) is 85.2 Å². The minimum Gasteiger partial charge on any atom is -0.445 e. The highest BCUT2D eigenvalue weighted by Gasteiger charge is 2.57. The van der Waals surface area contributed by atoms with Crippen LogP contribution in [0.15, 0.2) is 11.6 Å². The second kappa shape index (κ2) is 9.38. The summed E-state index contributed by atoms with van der Waals surface area (Å²) in [5, 5.41) is 13.8. The summed E-state index contributed by atoms with van der Waals surface area (Å²) in [4.78, 5) is 11.5. The van der Waals surface area contributed by atoms with Crippen molar-refractivity contribution in [3.63, 3.8) is 0 Å². The number of fused-ring (bicyclic) bond motifs is 1. The molecule has 0 aliphatic heterocycles. The quantitative estimate of drug-likeness (QED) is 0.417. The molecule has 2 aliphatic carbocycles. The zero-order valence-corrected chi connectivity index (χ0v) is 19.2. The maximum Gasteiger partial charge on any atom is 0.407 e. The first-order chi connectivity index (χ1) is 13.0. The van der Waals surface area contributed by atoms with E-state index in [1.165, 1.54) is 24.8 Å². The fourth-order valence-electron chi connectivity index (χ4n) is 6.20. The van der Waals surface area contributed by atoms with Crippen molar-refractivity contribution in [2.75, 3.05) is 19.0 Å². The molecular formula is C23H40ClNO3. The third-order valence-corrected chi connectivity index (χ3v) is 7.79. The van der Waals surface area contributed by atoms with Crippen LogP contribution >= 0.6 is 11.6 Å². The minimum atomic E-state index is -0.600. The van der Waals surface area contributed by atoms with E-state index in [0.717, 1.165) is 25.7 Å². The lowest BCUT2D eigenvalue weighted by Crippen LogP contribution is -2.57. The van der Waals surface area contributed by atoms with Gasteiger partial charge in [0.15, 0.2) is 0 Å². The van der Waals surface area contributed by atoms with Crippen molar-refractivity contribution in [3.8, 4) is 0 Å². The summed E-state index contributed by atoms with van der Waals surface area (Å²) in [7, 11) is 0. The van der Waals surface area contributed by atoms with Gasteiger partial charge in [-0.2, -0.15) is 0 Å². The number of hydrogen-bond donors (Lipinski definition) is 2. The highest BCUT2D eigenvalue weighted by Crippen LogP contribution is 2.62. The third kappa shape index (κ3) is 5.44. The molecule has 0 bridgehead atoms. The van der Waals surface area contributed by atoms with Crippen molar-refractivity contribution in [1.29, 1.82) is 0 Å². The van der Waals surface area contributed by atoms with Gasteiger partial charge in [-0.3, -0.25) is 0 Å². The maximum atomic E-state index is 11.5. The monoisotopic (exact) mass is 413 g/mol. The standard InChI is InChI=1S/C23H40ClNO3/c1-17(10-16-28-20(26)25-15-14-24)7-8-19-22(4)12-6-11-21(2,3)18(22)9-13-23(19,5)27/h10,18-19,27H,6-9,11-16H2,1-5H3,(H,25,26)/b17-10+/t18-,19+,22-,23+/m0/s1. The predicted molar refractivity (Wildman–Crippen MR) is 116 cm³/mol. The average Bonchev–Trinajstić information content (AvgIpc) is 2.58. The van der Waals surface area contributed by atoms with Gasteiger partial charge in [0.1, 0.15) is 6.61 Å². The highest BCUT2D eigenvalue weighted by atomic mass is 35.5. The number of ether oxygens (including phenoxy) is 1. The number of alkyl halides is 1. The smallest absolute Gasteiger partial charge is 0.407 e. The van der Waals surface area contributed by atoms with E-state index in [1.54, 1.807) is 0 Å². The molecule has 0 aromatic heterocycles. The third-order valence-electron chi connectivity index (χ3n) is 7.60. The average molecular weight is 414 g/mol. The van der Waals surface area contributed by atoms with Gasteiger partial charge in [-0.05, 0) is 81.1 Å². The van der Waals surface area contributed by atoms with Crippen molar-refractivity contribution in [3.05, 3.63) is 11.6 Å². The van der Waals surface area contributed by atoms with E-state index in [-0.39, 0.29) is 12.0 Å². The van der Waals surface area contributed by atoms with E-state index in [2.05, 4.69) is 33.0 Å². The van der Waals surface area contributed by atoms with Crippen molar-refractivity contribution < 1.29 is 14.6 Å². The fourth-order valence-corrected chi connectivity index (χ4v) is 6.29. The van der Waals surface area contributed by atoms with E-state index in [4.69, 9.17) is 16.3 Å². The van der Waals surface area contributed by atoms with Crippen LogP contribution in [-0.4, -0.2) is 35.8 Å². The van der Waals surface area contributed by atoms with E-state index < -0.39 is 11.7 Å². The molecule has 2 saturated carbocycles. The second-order valence-corrected chi connectivity index (χ2v) is 10.5. The van der Waals surface area contributed by atoms with Crippen LogP contribution in [0.4, 0.5) is 4.79 Å². The number of carbonyl (C=O) groups is 1. The van der Waals surface area contributed by atoms with Gasteiger partial charge >= 0.3 is 6.09 Å². The largest absolute Gasteiger partial charge is 0.445 e. The molecule has 0 spiro atoms. The molecule has 0 aromatic rings. The number of aliphatic hydroxyl groups is 1. The van der Waals surface area contributed by atoms with Crippen molar-refractivity contribution in [1.82, 2.24) is 5.32 Å². The van der Waals surface area contributed by atoms with Crippen LogP contribution in [0.1, 0.15) is 79.6 Å². The molecule has 162 valence electrons. The normalized spacial score (nSPS) is 35.2. The Bertz CT molecular complexity index is 572. The predicted octanol–water partition coefficient (Wildman–Crippen LogP) is 5.67. The molecule has 0 heterocycles. The van der Waals surface area contributed by atoms with Crippen LogP contribution in [0.3, 0.4) is 0 Å². The zero-order valence-electron chi connectivity index (χ0n) is 18.4. The van der Waals surface area contributed by atoms with Crippen LogP contribution in [0, 0.1) is 22.7 Å². The molecule has 0 unspecified atom stereocenters. The molecule has 4 atom stereocenters. The first-order valence-corrected chi connectivity index (χ1v) is 11.4. The Hall–Kier alpha value is -0.740. The van der Waals surface area contributed by atoms with Crippen molar-refractivity contribution in [2.24, 2.45) is 22.7 Å². The van der Waals surface area contributed by atoms with Gasteiger partial charge < -0.3 is 15.2 Å². The van der Waals surface area contributed by atoms with Gasteiger partial charge in [0, 0.05) is 12.4 Å². The number of carbonyl (C=O) groups excluding carboxylic acids is 1. The van der Waals surface area contributed by atoms with Crippen LogP contribution in [0.25, 0.3) is 0 Å². The Morgan fingerprint density at radius 3 is 2.64 bits per heavy atom. The Kier molecular flexibility index (Phi) is 7.89. The molecule has 2 rings (SSSR count). The molecule has 2 fully saturated rings. The summed E-state index contributed by atoms with van der Waals surface area (Å²) in [6.07, 6.45) is 9.25. The molecule has 4 nitrogen and oxygen atoms in total. The Morgan fingerprint density at radius 2 is 1.96 bits per heavy atom. The van der Waals surface area contributed by atoms with Crippen LogP contribution < -0.4 is 5.32 Å². The summed E-state index contributed by atoms with van der Waals surface area (Å²) < 4.78 is 5.15. The molecule has 28 heavy (non-hydrogen) atoms. The number of rotatable bonds is 7. The number of alkyl carbamates (subject to hydrolysis) is 1. The first-order valence-electron chi connectivity index (χ1n) is 10.9. The van der Waals surface area contributed by atoms with Crippen LogP contribution in [0.2, 0.25) is 0 Å². The zero-order chi connectivity index (χ0) is 21.0. The number of halogens is 1. The number of allylic oxidation sites excluding steroid dienone is 1. The van der Waals surface area contributed by atoms with E-state index in [0.29, 0.717) is 29.7 Å². The van der Waals surface area contributed by atoms with Gasteiger partial charge in [0.2, 0.25) is 0 Å². The molecule has 0 aromatic carbocycles. The molecule has 2 N–H and O–H groups in total. The summed E-state index contributed by atoms with van der Waals surface area (Å²) in [6, 6.07) is 0. The van der Waals surface area contributed by atoms with Crippen LogP contribution in [-0.2, 0) is 4.74 Å². The van der Waals surface area contributed by atoms with Gasteiger partial charge in [0.05, 0.1) is 5.60 Å². The lowest BCUT2D eigenvalue weighted by atomic mass is 9.45. The van der Waals surface area contributed by atoms with Crippen molar-refractivity contribution >= 4 is 17.7 Å². The number of hydrogen-bond acceptors (Lipinski definition) is 3. The van der Waals surface area contributed by atoms with Crippen LogP contribution in [0.5, 0.6) is 0 Å². The van der Waals surface area contributed by atoms with Gasteiger partial charge in [0.25, 0.3) is 0 Å². The summed E-state index contributed by atoms with van der Waals surface area (Å²) >= 11 is 5.54. The minimum absolute atomic E-state index is 0.196. The lowest BCUT2D eigenvalue weighted by Gasteiger charge is -2.61. The first kappa shape index (κ1) is 23.5. The summed E-state index contributed by atoms with van der Waals surface area (Å²) in [5.41, 5.74) is 1.16. The van der Waals surface area contributed by atoms with E-state index in [9.17, 15) is 9.90 Å². The SMILES string of the molecule is C/C(=C\COC(=O)NCCCl)CC[C@@H]1[C@@]2(C)CCCC(C)(C)[C@@H]2CC[C@@]1(C)O. The molecular weight excluding hydrogens is 374 g/mol. The number of nitrogens with one attached hydrogen (secondary N) is 1. The summed E-state index contributed by atoms with van der Waals surface area (Å²) in [6.45, 7) is 12.1. The van der Waals surface area contributed by atoms with Gasteiger partial charge in [-0.25, -0.2) is 4.79 Å². The topological polar surface area (TPSA) is 58.6 Å². The molecule has 1 amide bonds. The Balaban J connectivity index is 1.98. The number of amides is 1. The molecule has 5 heteroatoms. The van der Waals surface area contributed by atoms with E-state index >= 15 is 0 Å². The second-order valence-electron chi connectivity index (χ2n) is 10.2. The fraction of sp³-hybridized carbons (Fsp3) is 0.870. The lowest BCUT2D eigenvalue weighted by molar-refractivity contribution is -0.168. The van der Waals surface area contributed by atoms with E-state index in [1.807, 2.05) is 13.0 Å². The van der Waals surface area contributed by atoms with Gasteiger partial charge in [-0.15, -0.1) is 11.6 Å². The summed E-state index contributed by atoms with van der Waals surface area (Å²) in [5.74, 6) is 1.36. The molecule has 0 radical (unpaired) electrons. The highest BCUT2D eigenvalue weighted by molar-refractivity contribution is 6.18. The Morgan fingerprint density at radius 1 is 1.25 bits per heavy atom. The molecule has 2 aliphatic rings. The maximum absolute atomic E-state index is 11.5.